The van der Waals surface area contributed by atoms with Crippen molar-refractivity contribution in [1.82, 2.24) is 20.1 Å². The van der Waals surface area contributed by atoms with Crippen LogP contribution < -0.4 is 10.1 Å². The molecule has 0 aliphatic carbocycles. The molecule has 8 heteroatoms. The maximum absolute atomic E-state index is 12.7. The zero-order chi connectivity index (χ0) is 21.8. The molecule has 2 N–H and O–H groups in total. The van der Waals surface area contributed by atoms with E-state index >= 15 is 0 Å². The van der Waals surface area contributed by atoms with Crippen LogP contribution in [0.4, 0.5) is 5.69 Å². The Morgan fingerprint density at radius 1 is 1.16 bits per heavy atom. The summed E-state index contributed by atoms with van der Waals surface area (Å²) in [7, 11) is 0. The Kier molecular flexibility index (Phi) is 5.97. The molecule has 3 heterocycles. The van der Waals surface area contributed by atoms with Gasteiger partial charge in [-0.05, 0) is 50.1 Å². The quantitative estimate of drug-likeness (QED) is 0.654. The number of ether oxygens (including phenoxy) is 1. The number of nitrogens with zero attached hydrogens (tertiary/aromatic N) is 3. The van der Waals surface area contributed by atoms with Crippen molar-refractivity contribution in [3.63, 3.8) is 0 Å². The van der Waals surface area contributed by atoms with E-state index in [0.29, 0.717) is 23.7 Å². The fourth-order valence-corrected chi connectivity index (χ4v) is 3.82. The van der Waals surface area contributed by atoms with Crippen LogP contribution in [0.25, 0.3) is 0 Å². The van der Waals surface area contributed by atoms with Crippen LogP contribution in [-0.2, 0) is 4.79 Å². The van der Waals surface area contributed by atoms with Crippen molar-refractivity contribution >= 4 is 17.5 Å². The number of amides is 2. The van der Waals surface area contributed by atoms with Crippen molar-refractivity contribution in [2.75, 3.05) is 18.4 Å². The number of likely N-dealkylation sites (tertiary alicyclic amines) is 1. The number of benzene rings is 1. The fourth-order valence-electron chi connectivity index (χ4n) is 3.82. The van der Waals surface area contributed by atoms with E-state index in [-0.39, 0.29) is 17.7 Å². The molecule has 0 spiro atoms. The first-order valence-electron chi connectivity index (χ1n) is 10.3. The number of rotatable bonds is 5. The van der Waals surface area contributed by atoms with E-state index in [1.165, 1.54) is 6.92 Å². The van der Waals surface area contributed by atoms with E-state index in [4.69, 9.17) is 9.72 Å². The van der Waals surface area contributed by atoms with Crippen molar-refractivity contribution in [3.05, 3.63) is 65.7 Å². The summed E-state index contributed by atoms with van der Waals surface area (Å²) in [5.41, 5.74) is 3.01. The zero-order valence-corrected chi connectivity index (χ0v) is 17.6. The maximum Gasteiger partial charge on any atom is 0.271 e. The number of aromatic amines is 1. The number of carbonyl (C=O) groups is 2. The van der Waals surface area contributed by atoms with Crippen LogP contribution >= 0.6 is 0 Å². The fraction of sp³-hybridized carbons (Fsp3) is 0.304. The summed E-state index contributed by atoms with van der Waals surface area (Å²) < 4.78 is 6.04. The van der Waals surface area contributed by atoms with Crippen molar-refractivity contribution in [3.8, 4) is 11.5 Å². The van der Waals surface area contributed by atoms with Gasteiger partial charge in [0.05, 0.1) is 0 Å². The van der Waals surface area contributed by atoms with Crippen molar-refractivity contribution in [2.45, 2.75) is 32.6 Å². The Bertz CT molecular complexity index is 1060. The molecule has 1 saturated heterocycles. The van der Waals surface area contributed by atoms with Gasteiger partial charge in [0.25, 0.3) is 5.91 Å². The number of hydrogen-bond acceptors (Lipinski definition) is 5. The van der Waals surface area contributed by atoms with Gasteiger partial charge < -0.3 is 15.0 Å². The lowest BCUT2D eigenvalue weighted by atomic mass is 9.93. The molecule has 8 nitrogen and oxygen atoms in total. The topological polar surface area (TPSA) is 100 Å². The first-order chi connectivity index (χ1) is 15.0. The average molecular weight is 419 g/mol. The number of piperidine rings is 1. The number of H-pyrrole nitrogens is 1. The van der Waals surface area contributed by atoms with Crippen LogP contribution in [0.3, 0.4) is 0 Å². The minimum Gasteiger partial charge on any atom is -0.457 e. The summed E-state index contributed by atoms with van der Waals surface area (Å²) in [6.07, 6.45) is 3.47. The van der Waals surface area contributed by atoms with Gasteiger partial charge in [0, 0.05) is 61.3 Å². The number of nitrogens with one attached hydrogen (secondary N) is 2. The smallest absolute Gasteiger partial charge is 0.271 e. The molecule has 31 heavy (non-hydrogen) atoms. The van der Waals surface area contributed by atoms with Gasteiger partial charge in [0.15, 0.2) is 0 Å². The summed E-state index contributed by atoms with van der Waals surface area (Å²) >= 11 is 0. The molecular formula is C23H25N5O3. The minimum absolute atomic E-state index is 0.0365. The van der Waals surface area contributed by atoms with Gasteiger partial charge >= 0.3 is 0 Å². The second-order valence-corrected chi connectivity index (χ2v) is 7.74. The molecule has 1 fully saturated rings. The van der Waals surface area contributed by atoms with E-state index in [0.717, 1.165) is 36.5 Å². The minimum atomic E-state index is -0.115. The van der Waals surface area contributed by atoms with E-state index in [1.807, 2.05) is 36.1 Å². The summed E-state index contributed by atoms with van der Waals surface area (Å²) in [5.74, 6) is 1.36. The molecule has 160 valence electrons. The zero-order valence-electron chi connectivity index (χ0n) is 17.6. The van der Waals surface area contributed by atoms with Gasteiger partial charge in [-0.2, -0.15) is 5.10 Å². The molecule has 0 radical (unpaired) electrons. The molecule has 4 rings (SSSR count). The molecule has 2 amide bonds. The Balaban J connectivity index is 1.48. The van der Waals surface area contributed by atoms with Gasteiger partial charge in [0.1, 0.15) is 17.2 Å². The van der Waals surface area contributed by atoms with E-state index in [2.05, 4.69) is 15.5 Å². The highest BCUT2D eigenvalue weighted by atomic mass is 16.5. The van der Waals surface area contributed by atoms with Crippen molar-refractivity contribution in [2.24, 2.45) is 0 Å². The molecule has 2 aromatic heterocycles. The highest BCUT2D eigenvalue weighted by Gasteiger charge is 2.27. The third kappa shape index (κ3) is 5.09. The predicted molar refractivity (Wildman–Crippen MR) is 116 cm³/mol. The van der Waals surface area contributed by atoms with Crippen LogP contribution in [0.1, 0.15) is 47.6 Å². The van der Waals surface area contributed by atoms with Crippen LogP contribution in [-0.4, -0.2) is 45.0 Å². The molecule has 1 aromatic carbocycles. The Morgan fingerprint density at radius 3 is 2.68 bits per heavy atom. The average Bonchev–Trinajstić information content (AvgIpc) is 3.29. The van der Waals surface area contributed by atoms with Gasteiger partial charge in [-0.1, -0.05) is 0 Å². The number of aryl methyl sites for hydroxylation is 1. The van der Waals surface area contributed by atoms with E-state index in [9.17, 15) is 9.59 Å². The van der Waals surface area contributed by atoms with Gasteiger partial charge in [-0.25, -0.2) is 0 Å². The monoisotopic (exact) mass is 419 g/mol. The lowest BCUT2D eigenvalue weighted by Crippen LogP contribution is -2.39. The summed E-state index contributed by atoms with van der Waals surface area (Å²) in [6.45, 7) is 4.75. The summed E-state index contributed by atoms with van der Waals surface area (Å²) in [6, 6.07) is 12.8. The second kappa shape index (κ2) is 8.99. The third-order valence-electron chi connectivity index (χ3n) is 5.22. The SMILES string of the molecule is CC(=O)Nc1ccc(Oc2cc(C)nc([C@@H]3CCCN(C(=O)c4ccn[nH]4)C3)c2)cc1. The van der Waals surface area contributed by atoms with E-state index in [1.54, 1.807) is 24.4 Å². The number of pyridine rings is 1. The Hall–Kier alpha value is -3.68. The molecule has 3 aromatic rings. The molecular weight excluding hydrogens is 394 g/mol. The predicted octanol–water partition coefficient (Wildman–Crippen LogP) is 3.88. The van der Waals surface area contributed by atoms with Crippen molar-refractivity contribution in [1.29, 1.82) is 0 Å². The lowest BCUT2D eigenvalue weighted by Gasteiger charge is -2.32. The third-order valence-corrected chi connectivity index (χ3v) is 5.22. The molecule has 0 saturated carbocycles. The highest BCUT2D eigenvalue weighted by molar-refractivity contribution is 5.92. The number of aromatic nitrogens is 3. The second-order valence-electron chi connectivity index (χ2n) is 7.74. The lowest BCUT2D eigenvalue weighted by molar-refractivity contribution is -0.114. The van der Waals surface area contributed by atoms with E-state index < -0.39 is 0 Å². The standard InChI is InChI=1S/C23H25N5O3/c1-15-12-20(31-19-7-5-18(6-8-19)26-16(2)29)13-22(25-15)17-4-3-11-28(14-17)23(30)21-9-10-24-27-21/h5-10,12-13,17H,3-4,11,14H2,1-2H3,(H,24,27)(H,26,29)/t17-/m1/s1. The van der Waals surface area contributed by atoms with Crippen LogP contribution in [0.15, 0.2) is 48.7 Å². The molecule has 1 atom stereocenters. The van der Waals surface area contributed by atoms with Crippen LogP contribution in [0, 0.1) is 6.92 Å². The number of carbonyl (C=O) groups excluding carboxylic acids is 2. The maximum atomic E-state index is 12.7. The van der Waals surface area contributed by atoms with Crippen LogP contribution in [0.5, 0.6) is 11.5 Å². The first kappa shape index (κ1) is 20.6. The first-order valence-corrected chi connectivity index (χ1v) is 10.3. The normalized spacial score (nSPS) is 16.1. The van der Waals surface area contributed by atoms with Gasteiger partial charge in [0.2, 0.25) is 5.91 Å². The Labute approximate surface area is 180 Å². The van der Waals surface area contributed by atoms with Crippen molar-refractivity contribution < 1.29 is 14.3 Å². The molecule has 0 bridgehead atoms. The summed E-state index contributed by atoms with van der Waals surface area (Å²) in [4.78, 5) is 30.4. The molecule has 1 aliphatic rings. The largest absolute Gasteiger partial charge is 0.457 e. The number of hydrogen-bond donors (Lipinski definition) is 2. The Morgan fingerprint density at radius 2 is 1.97 bits per heavy atom. The highest BCUT2D eigenvalue weighted by Crippen LogP contribution is 2.31. The number of anilines is 1. The molecule has 0 unspecified atom stereocenters. The van der Waals surface area contributed by atoms with Crippen LogP contribution in [0.2, 0.25) is 0 Å². The summed E-state index contributed by atoms with van der Waals surface area (Å²) in [5, 5.41) is 9.36. The molecule has 1 aliphatic heterocycles. The van der Waals surface area contributed by atoms with Gasteiger partial charge in [-0.15, -0.1) is 0 Å². The van der Waals surface area contributed by atoms with Gasteiger partial charge in [-0.3, -0.25) is 19.7 Å².